The molecular weight excluding hydrogens is 190 g/mol. The van der Waals surface area contributed by atoms with Crippen molar-refractivity contribution in [1.29, 1.82) is 5.41 Å². The fourth-order valence-electron chi connectivity index (χ4n) is 1.32. The van der Waals surface area contributed by atoms with Gasteiger partial charge in [-0.15, -0.1) is 0 Å². The summed E-state index contributed by atoms with van der Waals surface area (Å²) in [5, 5.41) is 10.6. The molecule has 0 spiro atoms. The van der Waals surface area contributed by atoms with Gasteiger partial charge in [-0.25, -0.2) is 0 Å². The van der Waals surface area contributed by atoms with Gasteiger partial charge in [-0.3, -0.25) is 5.41 Å². The van der Waals surface area contributed by atoms with Gasteiger partial charge in [0.15, 0.2) is 0 Å². The average molecular weight is 207 g/mol. The Kier molecular flexibility index (Phi) is 4.12. The molecule has 0 fully saturated rings. The second kappa shape index (κ2) is 5.36. The topological polar surface area (TPSA) is 71.1 Å². The minimum absolute atomic E-state index is 0.0821. The number of rotatable bonds is 5. The van der Waals surface area contributed by atoms with Gasteiger partial charge in [0, 0.05) is 24.9 Å². The van der Waals surface area contributed by atoms with Crippen molar-refractivity contribution in [1.82, 2.24) is 0 Å². The zero-order valence-corrected chi connectivity index (χ0v) is 9.13. The summed E-state index contributed by atoms with van der Waals surface area (Å²) in [5.41, 5.74) is 8.22. The molecular formula is C11H17N3O. The van der Waals surface area contributed by atoms with Crippen LogP contribution >= 0.6 is 0 Å². The fourth-order valence-corrected chi connectivity index (χ4v) is 1.32. The third kappa shape index (κ3) is 3.25. The minimum Gasteiger partial charge on any atom is -0.384 e. The van der Waals surface area contributed by atoms with Gasteiger partial charge in [-0.05, 0) is 19.1 Å². The molecule has 1 aromatic carbocycles. The second-order valence-corrected chi connectivity index (χ2v) is 3.38. The van der Waals surface area contributed by atoms with Gasteiger partial charge >= 0.3 is 0 Å². The summed E-state index contributed by atoms with van der Waals surface area (Å²) < 4.78 is 4.94. The Bertz CT molecular complexity index is 350. The van der Waals surface area contributed by atoms with E-state index in [4.69, 9.17) is 15.9 Å². The van der Waals surface area contributed by atoms with Gasteiger partial charge in [0.2, 0.25) is 0 Å². The van der Waals surface area contributed by atoms with Gasteiger partial charge in [-0.2, -0.15) is 0 Å². The Morgan fingerprint density at radius 2 is 2.27 bits per heavy atom. The predicted octanol–water partition coefficient (Wildman–Crippen LogP) is 1.34. The molecule has 0 radical (unpaired) electrons. The molecule has 0 heterocycles. The van der Waals surface area contributed by atoms with E-state index in [0.29, 0.717) is 13.2 Å². The van der Waals surface area contributed by atoms with Crippen molar-refractivity contribution in [2.24, 2.45) is 5.73 Å². The van der Waals surface area contributed by atoms with Crippen molar-refractivity contribution in [3.05, 3.63) is 29.3 Å². The summed E-state index contributed by atoms with van der Waals surface area (Å²) in [6, 6.07) is 5.82. The number of aryl methyl sites for hydroxylation is 1. The second-order valence-electron chi connectivity index (χ2n) is 3.38. The van der Waals surface area contributed by atoms with Crippen molar-refractivity contribution in [2.45, 2.75) is 6.92 Å². The molecule has 82 valence electrons. The van der Waals surface area contributed by atoms with E-state index in [1.807, 2.05) is 25.1 Å². The van der Waals surface area contributed by atoms with Gasteiger partial charge in [0.05, 0.1) is 6.61 Å². The molecule has 1 rings (SSSR count). The SMILES string of the molecule is COCCNc1ccc(C)cc1C(=N)N. The molecule has 0 aliphatic carbocycles. The molecule has 0 atom stereocenters. The number of anilines is 1. The van der Waals surface area contributed by atoms with Crippen LogP contribution in [0.1, 0.15) is 11.1 Å². The standard InChI is InChI=1S/C11H17N3O/c1-8-3-4-10(14-5-6-15-2)9(7-8)11(12)13/h3-4,7,14H,5-6H2,1-2H3,(H3,12,13). The molecule has 15 heavy (non-hydrogen) atoms. The van der Waals surface area contributed by atoms with Crippen LogP contribution in [0.5, 0.6) is 0 Å². The number of hydrogen-bond donors (Lipinski definition) is 3. The van der Waals surface area contributed by atoms with Crippen LogP contribution in [0.3, 0.4) is 0 Å². The molecule has 0 aromatic heterocycles. The molecule has 0 aliphatic heterocycles. The Hall–Kier alpha value is -1.55. The van der Waals surface area contributed by atoms with Crippen LogP contribution in [-0.4, -0.2) is 26.1 Å². The van der Waals surface area contributed by atoms with Gasteiger partial charge in [0.25, 0.3) is 0 Å². The van der Waals surface area contributed by atoms with E-state index in [2.05, 4.69) is 5.32 Å². The maximum atomic E-state index is 7.46. The minimum atomic E-state index is 0.0821. The Labute approximate surface area is 89.9 Å². The highest BCUT2D eigenvalue weighted by atomic mass is 16.5. The normalized spacial score (nSPS) is 10.0. The fraction of sp³-hybridized carbons (Fsp3) is 0.364. The zero-order chi connectivity index (χ0) is 11.3. The number of hydrogen-bond acceptors (Lipinski definition) is 3. The van der Waals surface area contributed by atoms with Crippen LogP contribution in [0.2, 0.25) is 0 Å². The first-order chi connectivity index (χ1) is 7.15. The molecule has 4 heteroatoms. The molecule has 0 amide bonds. The van der Waals surface area contributed by atoms with Crippen LogP contribution in [0.25, 0.3) is 0 Å². The molecule has 0 saturated heterocycles. The maximum absolute atomic E-state index is 7.46. The Morgan fingerprint density at radius 3 is 2.87 bits per heavy atom. The van der Waals surface area contributed by atoms with E-state index in [1.165, 1.54) is 0 Å². The number of nitrogens with two attached hydrogens (primary N) is 1. The third-order valence-electron chi connectivity index (χ3n) is 2.09. The molecule has 4 N–H and O–H groups in total. The van der Waals surface area contributed by atoms with Crippen LogP contribution in [0.15, 0.2) is 18.2 Å². The quantitative estimate of drug-likeness (QED) is 0.387. The van der Waals surface area contributed by atoms with E-state index in [9.17, 15) is 0 Å². The first kappa shape index (κ1) is 11.5. The number of nitrogen functional groups attached to an aromatic ring is 1. The lowest BCUT2D eigenvalue weighted by Gasteiger charge is -2.11. The summed E-state index contributed by atoms with van der Waals surface area (Å²) >= 11 is 0. The number of ether oxygens (including phenoxy) is 1. The predicted molar refractivity (Wildman–Crippen MR) is 62.6 cm³/mol. The highest BCUT2D eigenvalue weighted by Gasteiger charge is 2.04. The summed E-state index contributed by atoms with van der Waals surface area (Å²) in [7, 11) is 1.66. The molecule has 4 nitrogen and oxygen atoms in total. The van der Waals surface area contributed by atoms with Gasteiger partial charge in [0.1, 0.15) is 5.84 Å². The number of nitrogens with one attached hydrogen (secondary N) is 2. The summed E-state index contributed by atoms with van der Waals surface area (Å²) in [6.07, 6.45) is 0. The van der Waals surface area contributed by atoms with Crippen molar-refractivity contribution in [2.75, 3.05) is 25.6 Å². The Morgan fingerprint density at radius 1 is 1.53 bits per heavy atom. The highest BCUT2D eigenvalue weighted by Crippen LogP contribution is 2.16. The lowest BCUT2D eigenvalue weighted by molar-refractivity contribution is 0.211. The largest absolute Gasteiger partial charge is 0.384 e. The summed E-state index contributed by atoms with van der Waals surface area (Å²) in [5.74, 6) is 0.0821. The van der Waals surface area contributed by atoms with Gasteiger partial charge < -0.3 is 15.8 Å². The summed E-state index contributed by atoms with van der Waals surface area (Å²) in [4.78, 5) is 0. The van der Waals surface area contributed by atoms with Crippen LogP contribution in [0, 0.1) is 12.3 Å². The maximum Gasteiger partial charge on any atom is 0.124 e. The third-order valence-corrected chi connectivity index (χ3v) is 2.09. The average Bonchev–Trinajstić information content (AvgIpc) is 2.20. The van der Waals surface area contributed by atoms with Crippen molar-refractivity contribution >= 4 is 11.5 Å². The van der Waals surface area contributed by atoms with E-state index >= 15 is 0 Å². The number of methoxy groups -OCH3 is 1. The molecule has 0 aliphatic rings. The first-order valence-electron chi connectivity index (χ1n) is 4.83. The summed E-state index contributed by atoms with van der Waals surface area (Å²) in [6.45, 7) is 3.32. The van der Waals surface area contributed by atoms with Crippen molar-refractivity contribution < 1.29 is 4.74 Å². The van der Waals surface area contributed by atoms with Crippen LogP contribution in [0.4, 0.5) is 5.69 Å². The van der Waals surface area contributed by atoms with Crippen LogP contribution in [-0.2, 0) is 4.74 Å². The Balaban J connectivity index is 2.81. The number of benzene rings is 1. The van der Waals surface area contributed by atoms with Crippen LogP contribution < -0.4 is 11.1 Å². The van der Waals surface area contributed by atoms with Crippen molar-refractivity contribution in [3.63, 3.8) is 0 Å². The van der Waals surface area contributed by atoms with E-state index in [-0.39, 0.29) is 5.84 Å². The van der Waals surface area contributed by atoms with E-state index < -0.39 is 0 Å². The van der Waals surface area contributed by atoms with Crippen molar-refractivity contribution in [3.8, 4) is 0 Å². The van der Waals surface area contributed by atoms with Gasteiger partial charge in [-0.1, -0.05) is 11.6 Å². The molecule has 0 unspecified atom stereocenters. The zero-order valence-electron chi connectivity index (χ0n) is 9.13. The van der Waals surface area contributed by atoms with E-state index in [0.717, 1.165) is 16.8 Å². The molecule has 0 bridgehead atoms. The smallest absolute Gasteiger partial charge is 0.124 e. The lowest BCUT2D eigenvalue weighted by Crippen LogP contribution is -2.16. The lowest BCUT2D eigenvalue weighted by atomic mass is 10.1. The highest BCUT2D eigenvalue weighted by molar-refractivity contribution is 6.00. The monoisotopic (exact) mass is 207 g/mol. The number of amidine groups is 1. The molecule has 1 aromatic rings. The first-order valence-corrected chi connectivity index (χ1v) is 4.83. The molecule has 0 saturated carbocycles. The van der Waals surface area contributed by atoms with E-state index in [1.54, 1.807) is 7.11 Å².